The van der Waals surface area contributed by atoms with E-state index in [4.69, 9.17) is 9.97 Å². The Labute approximate surface area is 188 Å². The molecule has 164 valence electrons. The Balaban J connectivity index is 1.47. The molecule has 0 saturated carbocycles. The van der Waals surface area contributed by atoms with E-state index in [0.29, 0.717) is 6.04 Å². The smallest absolute Gasteiger partial charge is 0.151 e. The van der Waals surface area contributed by atoms with Crippen LogP contribution in [0.25, 0.3) is 10.2 Å². The van der Waals surface area contributed by atoms with Crippen LogP contribution in [0, 0.1) is 13.8 Å². The normalized spacial score (nSPS) is 20.0. The van der Waals surface area contributed by atoms with E-state index in [0.717, 1.165) is 67.9 Å². The Morgan fingerprint density at radius 1 is 1.13 bits per heavy atom. The zero-order valence-corrected chi connectivity index (χ0v) is 19.5. The molecular formula is C23H31N7S. The summed E-state index contributed by atoms with van der Waals surface area (Å²) in [7, 11) is 2.21. The van der Waals surface area contributed by atoms with Crippen molar-refractivity contribution in [3.05, 3.63) is 34.6 Å². The second-order valence-electron chi connectivity index (χ2n) is 8.84. The highest BCUT2D eigenvalue weighted by Crippen LogP contribution is 2.36. The number of anilines is 2. The van der Waals surface area contributed by atoms with Crippen molar-refractivity contribution in [3.8, 4) is 0 Å². The number of hydrogen-bond donors (Lipinski definition) is 0. The Kier molecular flexibility index (Phi) is 5.75. The van der Waals surface area contributed by atoms with Gasteiger partial charge in [-0.05, 0) is 70.3 Å². The Morgan fingerprint density at radius 2 is 1.97 bits per heavy atom. The van der Waals surface area contributed by atoms with Crippen molar-refractivity contribution in [2.45, 2.75) is 52.1 Å². The van der Waals surface area contributed by atoms with Gasteiger partial charge in [0.25, 0.3) is 0 Å². The van der Waals surface area contributed by atoms with Crippen LogP contribution >= 0.6 is 11.3 Å². The number of piperidine rings is 1. The molecule has 2 aliphatic rings. The van der Waals surface area contributed by atoms with Crippen LogP contribution in [0.5, 0.6) is 0 Å². The van der Waals surface area contributed by atoms with Crippen molar-refractivity contribution in [2.24, 2.45) is 0 Å². The zero-order chi connectivity index (χ0) is 21.4. The number of likely N-dealkylation sites (tertiary alicyclic amines) is 1. The summed E-state index contributed by atoms with van der Waals surface area (Å²) in [4.78, 5) is 19.8. The fourth-order valence-electron chi connectivity index (χ4n) is 4.85. The lowest BCUT2D eigenvalue weighted by molar-refractivity contribution is 0.323. The van der Waals surface area contributed by atoms with Crippen molar-refractivity contribution in [1.82, 2.24) is 25.1 Å². The first-order valence-electron chi connectivity index (χ1n) is 11.3. The zero-order valence-electron chi connectivity index (χ0n) is 18.7. The Hall–Kier alpha value is -2.32. The van der Waals surface area contributed by atoms with Crippen LogP contribution in [-0.2, 0) is 6.54 Å². The number of nitrogens with zero attached hydrogens (tertiary/aromatic N) is 7. The number of likely N-dealkylation sites (N-methyl/N-ethyl adjacent to an activating group) is 1. The first-order chi connectivity index (χ1) is 15.1. The second-order valence-corrected chi connectivity index (χ2v) is 10.0. The van der Waals surface area contributed by atoms with Crippen molar-refractivity contribution < 1.29 is 0 Å². The minimum atomic E-state index is 0.382. The highest BCUT2D eigenvalue weighted by Gasteiger charge is 2.28. The molecule has 2 fully saturated rings. The average molecular weight is 438 g/mol. The first kappa shape index (κ1) is 20.6. The van der Waals surface area contributed by atoms with Crippen molar-refractivity contribution >= 4 is 33.2 Å². The van der Waals surface area contributed by atoms with Crippen LogP contribution in [0.1, 0.15) is 41.9 Å². The monoisotopic (exact) mass is 437 g/mol. The van der Waals surface area contributed by atoms with E-state index in [2.05, 4.69) is 51.9 Å². The van der Waals surface area contributed by atoms with Gasteiger partial charge in [-0.15, -0.1) is 16.4 Å². The molecule has 0 bridgehead atoms. The van der Waals surface area contributed by atoms with E-state index in [9.17, 15) is 0 Å². The predicted octanol–water partition coefficient (Wildman–Crippen LogP) is 3.80. The SMILES string of the molecule is Cc1sc2nc(CN3CCCC3)nc(N(C)C3CCCN(c4cccnn4)C3)c2c1C. The maximum Gasteiger partial charge on any atom is 0.151 e. The minimum absolute atomic E-state index is 0.382. The summed E-state index contributed by atoms with van der Waals surface area (Å²) >= 11 is 1.80. The second kappa shape index (κ2) is 8.67. The summed E-state index contributed by atoms with van der Waals surface area (Å²) in [6.45, 7) is 9.53. The van der Waals surface area contributed by atoms with Crippen molar-refractivity contribution in [1.29, 1.82) is 0 Å². The number of aromatic nitrogens is 4. The summed E-state index contributed by atoms with van der Waals surface area (Å²) in [6.07, 6.45) is 6.60. The van der Waals surface area contributed by atoms with E-state index < -0.39 is 0 Å². The molecule has 0 aliphatic carbocycles. The number of aryl methyl sites for hydroxylation is 2. The summed E-state index contributed by atoms with van der Waals surface area (Å²) in [5, 5.41) is 9.64. The number of fused-ring (bicyclic) bond motifs is 1. The predicted molar refractivity (Wildman–Crippen MR) is 127 cm³/mol. The van der Waals surface area contributed by atoms with Gasteiger partial charge in [0.05, 0.1) is 11.9 Å². The number of hydrogen-bond acceptors (Lipinski definition) is 8. The van der Waals surface area contributed by atoms with E-state index in [-0.39, 0.29) is 0 Å². The molecule has 31 heavy (non-hydrogen) atoms. The summed E-state index contributed by atoms with van der Waals surface area (Å²) in [5.74, 6) is 3.01. The minimum Gasteiger partial charge on any atom is -0.354 e. The van der Waals surface area contributed by atoms with Crippen LogP contribution in [0.4, 0.5) is 11.6 Å². The molecule has 5 heterocycles. The molecule has 0 N–H and O–H groups in total. The maximum absolute atomic E-state index is 5.14. The molecule has 3 aromatic rings. The van der Waals surface area contributed by atoms with E-state index >= 15 is 0 Å². The molecule has 5 rings (SSSR count). The lowest BCUT2D eigenvalue weighted by Gasteiger charge is -2.38. The van der Waals surface area contributed by atoms with Gasteiger partial charge in [-0.3, -0.25) is 4.90 Å². The molecule has 0 spiro atoms. The quantitative estimate of drug-likeness (QED) is 0.602. The van der Waals surface area contributed by atoms with Crippen LogP contribution < -0.4 is 9.80 Å². The van der Waals surface area contributed by atoms with Gasteiger partial charge in [0.2, 0.25) is 0 Å². The van der Waals surface area contributed by atoms with Crippen LogP contribution in [0.2, 0.25) is 0 Å². The topological polar surface area (TPSA) is 61.3 Å². The van der Waals surface area contributed by atoms with Gasteiger partial charge < -0.3 is 9.80 Å². The van der Waals surface area contributed by atoms with Crippen LogP contribution in [-0.4, -0.2) is 64.3 Å². The fraction of sp³-hybridized carbons (Fsp3) is 0.565. The average Bonchev–Trinajstić information content (AvgIpc) is 3.41. The Morgan fingerprint density at radius 3 is 2.74 bits per heavy atom. The molecule has 0 radical (unpaired) electrons. The van der Waals surface area contributed by atoms with Crippen LogP contribution in [0.15, 0.2) is 18.3 Å². The van der Waals surface area contributed by atoms with Gasteiger partial charge in [0.15, 0.2) is 5.82 Å². The molecular weight excluding hydrogens is 406 g/mol. The van der Waals surface area contributed by atoms with Crippen LogP contribution in [0.3, 0.4) is 0 Å². The van der Waals surface area contributed by atoms with Gasteiger partial charge in [-0.25, -0.2) is 9.97 Å². The van der Waals surface area contributed by atoms with Gasteiger partial charge in [0.1, 0.15) is 16.5 Å². The maximum atomic E-state index is 5.14. The number of rotatable bonds is 5. The van der Waals surface area contributed by atoms with E-state index in [1.54, 1.807) is 17.5 Å². The summed E-state index contributed by atoms with van der Waals surface area (Å²) in [5.41, 5.74) is 1.32. The largest absolute Gasteiger partial charge is 0.354 e. The third kappa shape index (κ3) is 4.11. The molecule has 3 aromatic heterocycles. The molecule has 0 aromatic carbocycles. The molecule has 1 atom stereocenters. The lowest BCUT2D eigenvalue weighted by Crippen LogP contribution is -2.47. The lowest BCUT2D eigenvalue weighted by atomic mass is 10.0. The van der Waals surface area contributed by atoms with E-state index in [1.807, 2.05) is 6.07 Å². The first-order valence-corrected chi connectivity index (χ1v) is 12.2. The van der Waals surface area contributed by atoms with Crippen molar-refractivity contribution in [2.75, 3.05) is 43.0 Å². The van der Waals surface area contributed by atoms with Gasteiger partial charge in [-0.2, -0.15) is 5.10 Å². The van der Waals surface area contributed by atoms with Gasteiger partial charge >= 0.3 is 0 Å². The van der Waals surface area contributed by atoms with E-state index in [1.165, 1.54) is 28.7 Å². The van der Waals surface area contributed by atoms with Crippen molar-refractivity contribution in [3.63, 3.8) is 0 Å². The molecule has 7 nitrogen and oxygen atoms in total. The molecule has 8 heteroatoms. The Bertz CT molecular complexity index is 1050. The number of thiophene rings is 1. The molecule has 2 saturated heterocycles. The molecule has 0 amide bonds. The summed E-state index contributed by atoms with van der Waals surface area (Å²) < 4.78 is 0. The molecule has 1 unspecified atom stereocenters. The summed E-state index contributed by atoms with van der Waals surface area (Å²) in [6, 6.07) is 4.40. The molecule has 2 aliphatic heterocycles. The fourth-order valence-corrected chi connectivity index (χ4v) is 5.89. The standard InChI is InChI=1S/C23H31N7S/c1-16-17(2)31-23-21(16)22(25-19(26-23)15-29-11-4-5-12-29)28(3)18-8-7-13-30(14-18)20-9-6-10-24-27-20/h6,9-10,18H,4-5,7-8,11-15H2,1-3H3. The third-order valence-corrected chi connectivity index (χ3v) is 7.88. The van der Waals surface area contributed by atoms with Gasteiger partial charge in [0, 0.05) is 37.3 Å². The highest BCUT2D eigenvalue weighted by atomic mass is 32.1. The third-order valence-electron chi connectivity index (χ3n) is 6.78. The van der Waals surface area contributed by atoms with Gasteiger partial charge in [-0.1, -0.05) is 0 Å². The highest BCUT2D eigenvalue weighted by molar-refractivity contribution is 7.18.